The van der Waals surface area contributed by atoms with Crippen molar-refractivity contribution in [3.63, 3.8) is 0 Å². The SMILES string of the molecule is CCCCCCCCCCCNC1CCN(C)CC1. The first-order valence-electron chi connectivity index (χ1n) is 8.75. The zero-order chi connectivity index (χ0) is 13.8. The van der Waals surface area contributed by atoms with Crippen molar-refractivity contribution >= 4 is 0 Å². The Balaban J connectivity index is 1.76. The lowest BCUT2D eigenvalue weighted by Crippen LogP contribution is -2.41. The summed E-state index contributed by atoms with van der Waals surface area (Å²) in [5.41, 5.74) is 0. The van der Waals surface area contributed by atoms with Crippen molar-refractivity contribution in [1.82, 2.24) is 10.2 Å². The van der Waals surface area contributed by atoms with Crippen LogP contribution in [0, 0.1) is 0 Å². The van der Waals surface area contributed by atoms with Crippen molar-refractivity contribution in [2.45, 2.75) is 83.6 Å². The fourth-order valence-corrected chi connectivity index (χ4v) is 2.95. The van der Waals surface area contributed by atoms with E-state index in [1.165, 1.54) is 90.3 Å². The van der Waals surface area contributed by atoms with E-state index in [1.54, 1.807) is 0 Å². The summed E-state index contributed by atoms with van der Waals surface area (Å²) in [7, 11) is 2.23. The van der Waals surface area contributed by atoms with Crippen LogP contribution in [0.4, 0.5) is 0 Å². The third-order valence-electron chi connectivity index (χ3n) is 4.43. The second-order valence-electron chi connectivity index (χ2n) is 6.36. The van der Waals surface area contributed by atoms with Crippen molar-refractivity contribution in [2.75, 3.05) is 26.7 Å². The standard InChI is InChI=1S/C17H36N2/c1-3-4-5-6-7-8-9-10-11-14-18-17-12-15-19(2)16-13-17/h17-18H,3-16H2,1-2H3. The van der Waals surface area contributed by atoms with Crippen LogP contribution in [0.25, 0.3) is 0 Å². The third-order valence-corrected chi connectivity index (χ3v) is 4.43. The van der Waals surface area contributed by atoms with Crippen LogP contribution in [-0.2, 0) is 0 Å². The second-order valence-corrected chi connectivity index (χ2v) is 6.36. The van der Waals surface area contributed by atoms with Gasteiger partial charge in [0, 0.05) is 6.04 Å². The number of hydrogen-bond acceptors (Lipinski definition) is 2. The smallest absolute Gasteiger partial charge is 0.00914 e. The molecule has 1 heterocycles. The number of likely N-dealkylation sites (tertiary alicyclic amines) is 1. The van der Waals surface area contributed by atoms with Crippen LogP contribution in [0.15, 0.2) is 0 Å². The van der Waals surface area contributed by atoms with Gasteiger partial charge in [0.05, 0.1) is 0 Å². The van der Waals surface area contributed by atoms with E-state index in [2.05, 4.69) is 24.2 Å². The van der Waals surface area contributed by atoms with Crippen LogP contribution in [0.5, 0.6) is 0 Å². The van der Waals surface area contributed by atoms with E-state index in [1.807, 2.05) is 0 Å². The maximum absolute atomic E-state index is 3.73. The van der Waals surface area contributed by atoms with Gasteiger partial charge in [-0.1, -0.05) is 58.3 Å². The molecule has 0 aromatic carbocycles. The molecule has 0 saturated carbocycles. The van der Waals surface area contributed by atoms with Crippen LogP contribution in [0.2, 0.25) is 0 Å². The fraction of sp³-hybridized carbons (Fsp3) is 1.00. The first-order chi connectivity index (χ1) is 9.33. The number of unbranched alkanes of at least 4 members (excludes halogenated alkanes) is 8. The summed E-state index contributed by atoms with van der Waals surface area (Å²) in [6, 6.07) is 0.797. The molecule has 1 aliphatic heterocycles. The van der Waals surface area contributed by atoms with Crippen molar-refractivity contribution in [1.29, 1.82) is 0 Å². The average Bonchev–Trinajstić information content (AvgIpc) is 2.43. The van der Waals surface area contributed by atoms with Gasteiger partial charge in [0.1, 0.15) is 0 Å². The summed E-state index contributed by atoms with van der Waals surface area (Å²) < 4.78 is 0. The Bertz CT molecular complexity index is 186. The van der Waals surface area contributed by atoms with E-state index in [4.69, 9.17) is 0 Å². The Hall–Kier alpha value is -0.0800. The Labute approximate surface area is 121 Å². The van der Waals surface area contributed by atoms with Crippen LogP contribution in [0.1, 0.15) is 77.6 Å². The second kappa shape index (κ2) is 11.7. The van der Waals surface area contributed by atoms with Gasteiger partial charge in [0.2, 0.25) is 0 Å². The number of hydrogen-bond donors (Lipinski definition) is 1. The molecule has 0 atom stereocenters. The van der Waals surface area contributed by atoms with Crippen molar-refractivity contribution in [3.8, 4) is 0 Å². The minimum atomic E-state index is 0.797. The molecular weight excluding hydrogens is 232 g/mol. The van der Waals surface area contributed by atoms with Gasteiger partial charge in [-0.25, -0.2) is 0 Å². The van der Waals surface area contributed by atoms with Crippen LogP contribution in [0.3, 0.4) is 0 Å². The number of nitrogens with zero attached hydrogens (tertiary/aromatic N) is 1. The van der Waals surface area contributed by atoms with Crippen LogP contribution in [-0.4, -0.2) is 37.6 Å². The Kier molecular flexibility index (Phi) is 10.5. The maximum atomic E-state index is 3.73. The van der Waals surface area contributed by atoms with Crippen LogP contribution < -0.4 is 5.32 Å². The highest BCUT2D eigenvalue weighted by molar-refractivity contribution is 4.75. The Morgan fingerprint density at radius 2 is 1.37 bits per heavy atom. The summed E-state index contributed by atoms with van der Waals surface area (Å²) in [5.74, 6) is 0. The summed E-state index contributed by atoms with van der Waals surface area (Å²) in [4.78, 5) is 2.44. The molecule has 1 rings (SSSR count). The van der Waals surface area contributed by atoms with Crippen molar-refractivity contribution in [3.05, 3.63) is 0 Å². The molecule has 19 heavy (non-hydrogen) atoms. The topological polar surface area (TPSA) is 15.3 Å². The molecule has 2 heteroatoms. The van der Waals surface area contributed by atoms with Gasteiger partial charge in [-0.05, 0) is 45.9 Å². The Morgan fingerprint density at radius 3 is 1.95 bits per heavy atom. The van der Waals surface area contributed by atoms with Gasteiger partial charge in [-0.3, -0.25) is 0 Å². The molecular formula is C17H36N2. The zero-order valence-electron chi connectivity index (χ0n) is 13.4. The van der Waals surface area contributed by atoms with E-state index in [-0.39, 0.29) is 0 Å². The fourth-order valence-electron chi connectivity index (χ4n) is 2.95. The van der Waals surface area contributed by atoms with Crippen molar-refractivity contribution in [2.24, 2.45) is 0 Å². The number of piperidine rings is 1. The summed E-state index contributed by atoms with van der Waals surface area (Å²) in [6.07, 6.45) is 15.6. The molecule has 0 aliphatic carbocycles. The third kappa shape index (κ3) is 9.45. The molecule has 1 fully saturated rings. The van der Waals surface area contributed by atoms with Gasteiger partial charge in [0.15, 0.2) is 0 Å². The van der Waals surface area contributed by atoms with E-state index >= 15 is 0 Å². The number of nitrogens with one attached hydrogen (secondary N) is 1. The molecule has 0 unspecified atom stereocenters. The van der Waals surface area contributed by atoms with E-state index in [0.717, 1.165) is 6.04 Å². The van der Waals surface area contributed by atoms with Gasteiger partial charge in [0.25, 0.3) is 0 Å². The molecule has 1 saturated heterocycles. The maximum Gasteiger partial charge on any atom is 0.00914 e. The first kappa shape index (κ1) is 17.0. The molecule has 1 N–H and O–H groups in total. The lowest BCUT2D eigenvalue weighted by molar-refractivity contribution is 0.234. The predicted molar refractivity (Wildman–Crippen MR) is 85.7 cm³/mol. The summed E-state index contributed by atoms with van der Waals surface area (Å²) in [5, 5.41) is 3.73. The van der Waals surface area contributed by atoms with Crippen molar-refractivity contribution < 1.29 is 0 Å². The minimum Gasteiger partial charge on any atom is -0.314 e. The lowest BCUT2D eigenvalue weighted by Gasteiger charge is -2.29. The molecule has 1 aliphatic rings. The highest BCUT2D eigenvalue weighted by Crippen LogP contribution is 2.10. The van der Waals surface area contributed by atoms with E-state index < -0.39 is 0 Å². The largest absolute Gasteiger partial charge is 0.314 e. The highest BCUT2D eigenvalue weighted by atomic mass is 15.1. The molecule has 0 radical (unpaired) electrons. The normalized spacial score (nSPS) is 18.0. The minimum absolute atomic E-state index is 0.797. The number of rotatable bonds is 11. The lowest BCUT2D eigenvalue weighted by atomic mass is 10.0. The Morgan fingerprint density at radius 1 is 0.842 bits per heavy atom. The first-order valence-corrected chi connectivity index (χ1v) is 8.75. The van der Waals surface area contributed by atoms with Gasteiger partial charge in [-0.15, -0.1) is 0 Å². The molecule has 0 spiro atoms. The molecule has 0 bridgehead atoms. The van der Waals surface area contributed by atoms with E-state index in [9.17, 15) is 0 Å². The molecule has 2 nitrogen and oxygen atoms in total. The molecule has 0 aromatic rings. The van der Waals surface area contributed by atoms with Gasteiger partial charge in [-0.2, -0.15) is 0 Å². The molecule has 0 aromatic heterocycles. The van der Waals surface area contributed by atoms with Gasteiger partial charge >= 0.3 is 0 Å². The highest BCUT2D eigenvalue weighted by Gasteiger charge is 2.15. The molecule has 0 amide bonds. The summed E-state index contributed by atoms with van der Waals surface area (Å²) >= 11 is 0. The zero-order valence-corrected chi connectivity index (χ0v) is 13.4. The average molecular weight is 268 g/mol. The molecule has 114 valence electrons. The van der Waals surface area contributed by atoms with E-state index in [0.29, 0.717) is 0 Å². The van der Waals surface area contributed by atoms with Gasteiger partial charge < -0.3 is 10.2 Å². The monoisotopic (exact) mass is 268 g/mol. The van der Waals surface area contributed by atoms with Crippen LogP contribution >= 0.6 is 0 Å². The predicted octanol–water partition coefficient (Wildman–Crippen LogP) is 4.20. The summed E-state index contributed by atoms with van der Waals surface area (Å²) in [6.45, 7) is 6.08. The quantitative estimate of drug-likeness (QED) is 0.565.